The number of aromatic nitrogens is 2. The maximum absolute atomic E-state index is 15.3. The van der Waals surface area contributed by atoms with Gasteiger partial charge in [0.1, 0.15) is 0 Å². The van der Waals surface area contributed by atoms with E-state index in [4.69, 9.17) is 0 Å². The van der Waals surface area contributed by atoms with Crippen molar-refractivity contribution in [2.24, 2.45) is 0 Å². The summed E-state index contributed by atoms with van der Waals surface area (Å²) >= 11 is 0. The minimum absolute atomic E-state index is 0.288. The zero-order valence-corrected chi connectivity index (χ0v) is 45.0. The van der Waals surface area contributed by atoms with E-state index in [1.165, 1.54) is 12.1 Å². The normalized spacial score (nSPS) is 12.0. The van der Waals surface area contributed by atoms with Gasteiger partial charge in [0.05, 0.1) is 56.2 Å². The third-order valence-electron chi connectivity index (χ3n) is 15.8. The summed E-state index contributed by atoms with van der Waals surface area (Å²) in [5.41, 5.74) is 13.4. The SMILES string of the molecule is Cc1cccc(-c2ccc3c(c2)c2cc(-c4cccc(C)c4)ccc2n3-c2ccc(C#N)cc2-c2ccc(-c3c(C(F)(F)F)cccc3C(F)(F)F)cc2-n2c3ccc(-c4cccc(C)c4)cc3c3cc(-c4cccc(C)c4)ccc32)c1. The molecule has 11 aromatic carbocycles. The Bertz CT molecular complexity index is 4560. The smallest absolute Gasteiger partial charge is 0.309 e. The number of nitrogens with zero attached hydrogens (tertiary/aromatic N) is 3. The van der Waals surface area contributed by atoms with Crippen LogP contribution in [0.2, 0.25) is 0 Å². The number of hydrogen-bond donors (Lipinski definition) is 0. The Morgan fingerprint density at radius 1 is 0.317 bits per heavy atom. The summed E-state index contributed by atoms with van der Waals surface area (Å²) in [6.45, 7) is 8.17. The molecule has 0 saturated heterocycles. The molecule has 0 saturated carbocycles. The van der Waals surface area contributed by atoms with Crippen LogP contribution >= 0.6 is 0 Å². The standard InChI is InChI=1S/C73H49F6N3/c1-43-10-5-14-48(32-43)52-22-28-66-59(37-52)60-38-53(49-15-6-11-44(2)33-49)23-29-67(60)81(66)65-27-20-47(42-80)36-58(65)57-26-21-56(71-63(72(74,75)76)18-9-19-64(71)73(77,78)79)41-70(57)82-68-30-24-54(50-16-7-12-45(3)34-50)39-61(68)62-40-55(25-31-69(62)82)51-17-8-13-46(4)35-51/h5-41H,1-4H3. The average molecular weight is 1080 g/mol. The van der Waals surface area contributed by atoms with Crippen molar-refractivity contribution in [3.05, 3.63) is 263 Å². The Labute approximate surface area is 469 Å². The highest BCUT2D eigenvalue weighted by atomic mass is 19.4. The van der Waals surface area contributed by atoms with Crippen molar-refractivity contribution in [3.8, 4) is 84.2 Å². The molecule has 0 radical (unpaired) electrons. The number of halogens is 6. The Hall–Kier alpha value is -9.91. The zero-order valence-electron chi connectivity index (χ0n) is 45.0. The second kappa shape index (κ2) is 19.7. The summed E-state index contributed by atoms with van der Waals surface area (Å²) in [6.07, 6.45) is -10.3. The quantitative estimate of drug-likeness (QED) is 0.140. The molecule has 2 heterocycles. The van der Waals surface area contributed by atoms with Gasteiger partial charge in [0.2, 0.25) is 0 Å². The van der Waals surface area contributed by atoms with Crippen LogP contribution in [0.25, 0.3) is 122 Å². The Balaban J connectivity index is 1.15. The van der Waals surface area contributed by atoms with Crippen LogP contribution in [0.3, 0.4) is 0 Å². The Morgan fingerprint density at radius 2 is 0.659 bits per heavy atom. The number of aryl methyl sites for hydroxylation is 4. The molecule has 0 aliphatic rings. The van der Waals surface area contributed by atoms with Crippen LogP contribution in [0.1, 0.15) is 38.9 Å². The molecule has 0 fully saturated rings. The topological polar surface area (TPSA) is 33.6 Å². The molecule has 0 amide bonds. The number of alkyl halides is 6. The van der Waals surface area contributed by atoms with Gasteiger partial charge in [-0.3, -0.25) is 0 Å². The van der Waals surface area contributed by atoms with Gasteiger partial charge in [0.15, 0.2) is 0 Å². The lowest BCUT2D eigenvalue weighted by Gasteiger charge is -2.22. The van der Waals surface area contributed by atoms with E-state index in [-0.39, 0.29) is 5.56 Å². The van der Waals surface area contributed by atoms with E-state index in [1.54, 1.807) is 18.2 Å². The summed E-state index contributed by atoms with van der Waals surface area (Å²) < 4.78 is 95.7. The lowest BCUT2D eigenvalue weighted by Crippen LogP contribution is -2.14. The van der Waals surface area contributed by atoms with Gasteiger partial charge in [0.25, 0.3) is 0 Å². The third kappa shape index (κ3) is 9.07. The molecule has 0 aliphatic heterocycles. The first kappa shape index (κ1) is 51.5. The van der Waals surface area contributed by atoms with Crippen LogP contribution in [0.4, 0.5) is 26.3 Å². The molecular weight excluding hydrogens is 1030 g/mol. The average Bonchev–Trinajstić information content (AvgIpc) is 4.20. The largest absolute Gasteiger partial charge is 0.417 e. The number of hydrogen-bond acceptors (Lipinski definition) is 1. The minimum atomic E-state index is -5.15. The van der Waals surface area contributed by atoms with E-state index in [2.05, 4.69) is 122 Å². The maximum atomic E-state index is 15.3. The van der Waals surface area contributed by atoms with Crippen molar-refractivity contribution in [2.75, 3.05) is 0 Å². The van der Waals surface area contributed by atoms with Gasteiger partial charge in [-0.05, 0) is 163 Å². The predicted molar refractivity (Wildman–Crippen MR) is 321 cm³/mol. The lowest BCUT2D eigenvalue weighted by molar-refractivity contribution is -0.142. The summed E-state index contributed by atoms with van der Waals surface area (Å²) in [7, 11) is 0. The fourth-order valence-electron chi connectivity index (χ4n) is 12.0. The van der Waals surface area contributed by atoms with Crippen molar-refractivity contribution in [3.63, 3.8) is 0 Å². The van der Waals surface area contributed by atoms with Crippen LogP contribution in [-0.2, 0) is 12.4 Å². The molecule has 3 nitrogen and oxygen atoms in total. The van der Waals surface area contributed by atoms with E-state index >= 15 is 26.3 Å². The first-order chi connectivity index (χ1) is 39.5. The molecular formula is C73H49F6N3. The van der Waals surface area contributed by atoms with Crippen molar-refractivity contribution in [1.29, 1.82) is 5.26 Å². The van der Waals surface area contributed by atoms with Gasteiger partial charge < -0.3 is 9.13 Å². The Kier molecular flexibility index (Phi) is 12.4. The fourth-order valence-corrected chi connectivity index (χ4v) is 12.0. The van der Waals surface area contributed by atoms with Gasteiger partial charge in [-0.25, -0.2) is 0 Å². The second-order valence-electron chi connectivity index (χ2n) is 21.4. The zero-order chi connectivity index (χ0) is 56.8. The number of fused-ring (bicyclic) bond motifs is 6. The van der Waals surface area contributed by atoms with Crippen LogP contribution in [0.5, 0.6) is 0 Å². The van der Waals surface area contributed by atoms with Gasteiger partial charge >= 0.3 is 12.4 Å². The van der Waals surface area contributed by atoms with Gasteiger partial charge in [0, 0.05) is 38.2 Å². The summed E-state index contributed by atoms with van der Waals surface area (Å²) in [5.74, 6) is 0. The Morgan fingerprint density at radius 3 is 1.01 bits per heavy atom. The molecule has 82 heavy (non-hydrogen) atoms. The number of rotatable bonds is 8. The highest BCUT2D eigenvalue weighted by Gasteiger charge is 2.41. The van der Waals surface area contributed by atoms with Crippen molar-refractivity contribution < 1.29 is 26.3 Å². The maximum Gasteiger partial charge on any atom is 0.417 e. The predicted octanol–water partition coefficient (Wildman–Crippen LogP) is 21.0. The first-order valence-corrected chi connectivity index (χ1v) is 26.9. The van der Waals surface area contributed by atoms with Crippen LogP contribution in [-0.4, -0.2) is 9.13 Å². The van der Waals surface area contributed by atoms with Crippen molar-refractivity contribution in [2.45, 2.75) is 40.0 Å². The molecule has 0 spiro atoms. The lowest BCUT2D eigenvalue weighted by atomic mass is 9.90. The number of nitriles is 1. The molecule has 398 valence electrons. The van der Waals surface area contributed by atoms with Gasteiger partial charge in [-0.15, -0.1) is 0 Å². The monoisotopic (exact) mass is 1080 g/mol. The van der Waals surface area contributed by atoms with Gasteiger partial charge in [-0.2, -0.15) is 31.6 Å². The van der Waals surface area contributed by atoms with Crippen LogP contribution < -0.4 is 0 Å². The number of benzene rings is 11. The van der Waals surface area contributed by atoms with E-state index in [1.807, 2.05) is 97.3 Å². The van der Waals surface area contributed by atoms with E-state index < -0.39 is 29.0 Å². The first-order valence-electron chi connectivity index (χ1n) is 26.9. The van der Waals surface area contributed by atoms with E-state index in [0.717, 1.165) is 105 Å². The highest BCUT2D eigenvalue weighted by Crippen LogP contribution is 2.49. The molecule has 0 aliphatic carbocycles. The minimum Gasteiger partial charge on any atom is -0.309 e. The van der Waals surface area contributed by atoms with Crippen molar-refractivity contribution in [1.82, 2.24) is 9.13 Å². The van der Waals surface area contributed by atoms with Crippen molar-refractivity contribution >= 4 is 43.6 Å². The summed E-state index contributed by atoms with van der Waals surface area (Å²) in [6, 6.07) is 72.1. The summed E-state index contributed by atoms with van der Waals surface area (Å²) in [4.78, 5) is 0. The molecule has 0 unspecified atom stereocenters. The molecule has 13 aromatic rings. The van der Waals surface area contributed by atoms with E-state index in [9.17, 15) is 5.26 Å². The highest BCUT2D eigenvalue weighted by molar-refractivity contribution is 6.14. The molecule has 0 N–H and O–H groups in total. The van der Waals surface area contributed by atoms with E-state index in [0.29, 0.717) is 51.2 Å². The molecule has 2 aromatic heterocycles. The molecule has 13 rings (SSSR count). The van der Waals surface area contributed by atoms with Gasteiger partial charge in [-0.1, -0.05) is 162 Å². The van der Waals surface area contributed by atoms with Crippen LogP contribution in [0.15, 0.2) is 224 Å². The molecule has 0 bridgehead atoms. The molecule has 0 atom stereocenters. The molecule has 9 heteroatoms. The third-order valence-corrected chi connectivity index (χ3v) is 15.8. The summed E-state index contributed by atoms with van der Waals surface area (Å²) in [5, 5.41) is 14.3. The van der Waals surface area contributed by atoms with Crippen LogP contribution in [0, 0.1) is 39.0 Å². The second-order valence-corrected chi connectivity index (χ2v) is 21.4. The fraction of sp³-hybridized carbons (Fsp3) is 0.0822.